The van der Waals surface area contributed by atoms with Crippen molar-refractivity contribution in [3.63, 3.8) is 0 Å². The van der Waals surface area contributed by atoms with E-state index in [0.717, 1.165) is 11.1 Å². The number of alkyl halides is 1. The molecule has 7 heteroatoms. The summed E-state index contributed by atoms with van der Waals surface area (Å²) >= 11 is 0. The first-order valence-corrected chi connectivity index (χ1v) is 9.39. The quantitative estimate of drug-likeness (QED) is 0.634. The van der Waals surface area contributed by atoms with Crippen LogP contribution in [0.1, 0.15) is 11.1 Å². The smallest absolute Gasteiger partial charge is 0.326 e. The molecule has 2 aromatic rings. The first-order valence-electron chi connectivity index (χ1n) is 9.39. The first-order chi connectivity index (χ1) is 14.1. The van der Waals surface area contributed by atoms with Gasteiger partial charge in [-0.3, -0.25) is 14.5 Å². The fourth-order valence-corrected chi connectivity index (χ4v) is 3.33. The number of rotatable bonds is 8. The fraction of sp³-hybridized carbons (Fsp3) is 0.364. The number of halogens is 1. The van der Waals surface area contributed by atoms with Crippen LogP contribution in [0.4, 0.5) is 4.39 Å². The maximum absolute atomic E-state index is 14.4. The highest BCUT2D eigenvalue weighted by Gasteiger charge is 2.48. The van der Waals surface area contributed by atoms with E-state index in [1.807, 2.05) is 60.7 Å². The van der Waals surface area contributed by atoms with Crippen molar-refractivity contribution in [2.24, 2.45) is 0 Å². The van der Waals surface area contributed by atoms with Gasteiger partial charge in [0.05, 0.1) is 6.54 Å². The number of benzene rings is 2. The van der Waals surface area contributed by atoms with Crippen molar-refractivity contribution in [1.29, 1.82) is 0 Å². The summed E-state index contributed by atoms with van der Waals surface area (Å²) in [7, 11) is 1.34. The van der Waals surface area contributed by atoms with Crippen molar-refractivity contribution in [1.82, 2.24) is 4.90 Å². The lowest BCUT2D eigenvalue weighted by atomic mass is 10.1. The number of carbonyl (C=O) groups excluding carboxylic acids is 2. The number of hydrogen-bond acceptors (Lipinski definition) is 6. The minimum Gasteiger partial charge on any atom is -0.460 e. The number of methoxy groups -OCH3 is 1. The van der Waals surface area contributed by atoms with E-state index in [1.54, 1.807) is 0 Å². The van der Waals surface area contributed by atoms with Gasteiger partial charge in [0.1, 0.15) is 31.5 Å². The van der Waals surface area contributed by atoms with E-state index in [-0.39, 0.29) is 26.3 Å². The Kier molecular flexibility index (Phi) is 7.32. The van der Waals surface area contributed by atoms with Crippen LogP contribution in [0.2, 0.25) is 0 Å². The Morgan fingerprint density at radius 2 is 1.52 bits per heavy atom. The molecule has 0 aromatic heterocycles. The Morgan fingerprint density at radius 3 is 2.07 bits per heavy atom. The largest absolute Gasteiger partial charge is 0.460 e. The van der Waals surface area contributed by atoms with E-state index < -0.39 is 30.3 Å². The van der Waals surface area contributed by atoms with E-state index in [1.165, 1.54) is 12.0 Å². The zero-order chi connectivity index (χ0) is 20.6. The number of carbonyl (C=O) groups is 2. The van der Waals surface area contributed by atoms with Gasteiger partial charge in [-0.1, -0.05) is 60.7 Å². The molecule has 1 saturated heterocycles. The summed E-state index contributed by atoms with van der Waals surface area (Å²) < 4.78 is 30.2. The lowest BCUT2D eigenvalue weighted by Crippen LogP contribution is -2.46. The molecule has 0 aliphatic carbocycles. The molecule has 1 aliphatic rings. The van der Waals surface area contributed by atoms with Gasteiger partial charge in [0.2, 0.25) is 0 Å². The Labute approximate surface area is 169 Å². The molecule has 1 fully saturated rings. The average molecular weight is 401 g/mol. The maximum atomic E-state index is 14.4. The third kappa shape index (κ3) is 5.62. The van der Waals surface area contributed by atoms with Crippen LogP contribution in [0.25, 0.3) is 0 Å². The molecule has 0 N–H and O–H groups in total. The van der Waals surface area contributed by atoms with Crippen LogP contribution >= 0.6 is 0 Å². The topological polar surface area (TPSA) is 65.1 Å². The number of hydrogen-bond donors (Lipinski definition) is 0. The zero-order valence-electron chi connectivity index (χ0n) is 16.2. The molecule has 6 nitrogen and oxygen atoms in total. The Hall–Kier alpha value is -2.77. The van der Waals surface area contributed by atoms with Gasteiger partial charge in [-0.25, -0.2) is 4.39 Å². The summed E-state index contributed by atoms with van der Waals surface area (Å²) in [6.45, 7) is -0.151. The molecular formula is C22H24FNO5. The van der Waals surface area contributed by atoms with Crippen molar-refractivity contribution in [3.05, 3.63) is 71.8 Å². The molecule has 3 atom stereocenters. The molecular weight excluding hydrogens is 377 g/mol. The van der Waals surface area contributed by atoms with Crippen molar-refractivity contribution in [2.75, 3.05) is 20.2 Å². The summed E-state index contributed by atoms with van der Waals surface area (Å²) in [4.78, 5) is 26.3. The number of ether oxygens (including phenoxy) is 3. The third-order valence-electron chi connectivity index (χ3n) is 4.78. The van der Waals surface area contributed by atoms with Crippen LogP contribution in [0, 0.1) is 0 Å². The zero-order valence-corrected chi connectivity index (χ0v) is 16.2. The SMILES string of the molecule is CO[C@H]1[C@@H](C(=O)OCc2ccccc2)N(CC(=O)OCc2ccccc2)C[C@@H]1F. The third-order valence-corrected chi connectivity index (χ3v) is 4.78. The first kappa shape index (κ1) is 21.0. The number of esters is 2. The highest BCUT2D eigenvalue weighted by atomic mass is 19.1. The normalized spacial score (nSPS) is 21.7. The van der Waals surface area contributed by atoms with Crippen molar-refractivity contribution >= 4 is 11.9 Å². The van der Waals surface area contributed by atoms with Gasteiger partial charge in [0.15, 0.2) is 0 Å². The molecule has 0 bridgehead atoms. The van der Waals surface area contributed by atoms with Gasteiger partial charge in [0.25, 0.3) is 0 Å². The van der Waals surface area contributed by atoms with Gasteiger partial charge in [0, 0.05) is 13.7 Å². The van der Waals surface area contributed by atoms with Crippen molar-refractivity contribution < 1.29 is 28.2 Å². The van der Waals surface area contributed by atoms with Crippen molar-refractivity contribution in [2.45, 2.75) is 31.5 Å². The second-order valence-electron chi connectivity index (χ2n) is 6.83. The highest BCUT2D eigenvalue weighted by molar-refractivity contribution is 5.79. The van der Waals surface area contributed by atoms with Gasteiger partial charge in [-0.15, -0.1) is 0 Å². The summed E-state index contributed by atoms with van der Waals surface area (Å²) in [6, 6.07) is 17.4. The van der Waals surface area contributed by atoms with E-state index in [0.29, 0.717) is 0 Å². The lowest BCUT2D eigenvalue weighted by Gasteiger charge is -2.24. The summed E-state index contributed by atoms with van der Waals surface area (Å²) in [6.07, 6.45) is -2.41. The average Bonchev–Trinajstić information content (AvgIpc) is 3.06. The molecule has 3 rings (SSSR count). The fourth-order valence-electron chi connectivity index (χ4n) is 3.33. The van der Waals surface area contributed by atoms with E-state index >= 15 is 0 Å². The number of nitrogens with zero attached hydrogens (tertiary/aromatic N) is 1. The summed E-state index contributed by atoms with van der Waals surface area (Å²) in [5.41, 5.74) is 1.66. The standard InChI is InChI=1S/C22H24FNO5/c1-27-21-18(23)12-24(13-19(25)28-14-16-8-4-2-5-9-16)20(21)22(26)29-15-17-10-6-3-7-11-17/h2-11,18,20-21H,12-15H2,1H3/t18-,20-,21+/m0/s1. The summed E-state index contributed by atoms with van der Waals surface area (Å²) in [5, 5.41) is 0. The molecule has 29 heavy (non-hydrogen) atoms. The molecule has 0 unspecified atom stereocenters. The van der Waals surface area contributed by atoms with Gasteiger partial charge in [-0.2, -0.15) is 0 Å². The van der Waals surface area contributed by atoms with Gasteiger partial charge in [-0.05, 0) is 11.1 Å². The van der Waals surface area contributed by atoms with E-state index in [9.17, 15) is 14.0 Å². The minimum absolute atomic E-state index is 0.0653. The molecule has 154 valence electrons. The van der Waals surface area contributed by atoms with Crippen LogP contribution in [0.3, 0.4) is 0 Å². The monoisotopic (exact) mass is 401 g/mol. The predicted molar refractivity (Wildman–Crippen MR) is 104 cm³/mol. The van der Waals surface area contributed by atoms with Gasteiger partial charge < -0.3 is 14.2 Å². The second-order valence-corrected chi connectivity index (χ2v) is 6.83. The lowest BCUT2D eigenvalue weighted by molar-refractivity contribution is -0.156. The van der Waals surface area contributed by atoms with E-state index in [2.05, 4.69) is 0 Å². The van der Waals surface area contributed by atoms with Crippen LogP contribution in [0.15, 0.2) is 60.7 Å². The molecule has 0 amide bonds. The molecule has 0 radical (unpaired) electrons. The van der Waals surface area contributed by atoms with Crippen LogP contribution in [-0.4, -0.2) is 55.4 Å². The Morgan fingerprint density at radius 1 is 0.966 bits per heavy atom. The molecule has 2 aromatic carbocycles. The predicted octanol–water partition coefficient (Wildman–Crippen LogP) is 2.51. The molecule has 1 aliphatic heterocycles. The number of likely N-dealkylation sites (tertiary alicyclic amines) is 1. The highest BCUT2D eigenvalue weighted by Crippen LogP contribution is 2.25. The van der Waals surface area contributed by atoms with Crippen LogP contribution in [-0.2, 0) is 37.0 Å². The minimum atomic E-state index is -1.41. The summed E-state index contributed by atoms with van der Waals surface area (Å²) in [5.74, 6) is -1.17. The maximum Gasteiger partial charge on any atom is 0.326 e. The van der Waals surface area contributed by atoms with E-state index in [4.69, 9.17) is 14.2 Å². The van der Waals surface area contributed by atoms with Crippen molar-refractivity contribution in [3.8, 4) is 0 Å². The van der Waals surface area contributed by atoms with Crippen LogP contribution < -0.4 is 0 Å². The second kappa shape index (κ2) is 10.1. The Bertz CT molecular complexity index is 801. The van der Waals surface area contributed by atoms with Crippen LogP contribution in [0.5, 0.6) is 0 Å². The molecule has 0 saturated carbocycles. The molecule has 0 spiro atoms. The van der Waals surface area contributed by atoms with Gasteiger partial charge >= 0.3 is 11.9 Å². The molecule has 1 heterocycles. The Balaban J connectivity index is 1.59.